The van der Waals surface area contributed by atoms with Crippen molar-refractivity contribution in [3.05, 3.63) is 58.2 Å². The quantitative estimate of drug-likeness (QED) is 0.232. The van der Waals surface area contributed by atoms with Crippen LogP contribution in [-0.2, 0) is 25.6 Å². The molecule has 0 bridgehead atoms. The molecule has 61 heavy (non-hydrogen) atoms. The van der Waals surface area contributed by atoms with Gasteiger partial charge in [0.05, 0.1) is 5.70 Å². The number of Topliss-reactive ketones (excluding diaryl/α,β-unsaturated/α-hetero) is 1. The summed E-state index contributed by atoms with van der Waals surface area (Å²) in [5.74, 6) is -0.929. The van der Waals surface area contributed by atoms with E-state index in [4.69, 9.17) is 30.9 Å². The number of oxazole rings is 1. The fraction of sp³-hybridized carbons (Fsp3) is 0.605. The molecule has 7 aliphatic rings. The average Bonchev–Trinajstić information content (AvgIpc) is 4.10. The van der Waals surface area contributed by atoms with Crippen molar-refractivity contribution in [2.45, 2.75) is 70.0 Å². The highest BCUT2D eigenvalue weighted by atomic mass is 35.5. The van der Waals surface area contributed by atoms with Crippen LogP contribution >= 0.6 is 11.6 Å². The second kappa shape index (κ2) is 19.6. The van der Waals surface area contributed by atoms with Crippen molar-refractivity contribution in [1.29, 1.82) is 0 Å². The largest absolute Gasteiger partial charge is 0.490 e. The lowest BCUT2D eigenvalue weighted by atomic mass is 9.96. The van der Waals surface area contributed by atoms with Crippen LogP contribution in [0.25, 0.3) is 11.3 Å². The lowest BCUT2D eigenvalue weighted by Crippen LogP contribution is -2.50. The van der Waals surface area contributed by atoms with Crippen molar-refractivity contribution in [3.63, 3.8) is 0 Å². The minimum Gasteiger partial charge on any atom is -0.475 e. The van der Waals surface area contributed by atoms with Crippen LogP contribution in [0.4, 0.5) is 19.2 Å². The topological polar surface area (TPSA) is 145 Å². The molecule has 6 fully saturated rings. The number of carbonyl (C=O) groups is 4. The summed E-state index contributed by atoms with van der Waals surface area (Å²) in [6, 6.07) is 8.67. The monoisotopic (exact) mass is 872 g/mol. The van der Waals surface area contributed by atoms with E-state index >= 15 is 0 Å². The number of aliphatic carboxylic acids is 1. The number of aromatic nitrogens is 1. The van der Waals surface area contributed by atoms with Gasteiger partial charge in [0.15, 0.2) is 0 Å². The molecule has 0 unspecified atom stereocenters. The Morgan fingerprint density at radius 2 is 1.43 bits per heavy atom. The summed E-state index contributed by atoms with van der Waals surface area (Å²) < 4.78 is 37.9. The van der Waals surface area contributed by atoms with Crippen LogP contribution in [0.5, 0.6) is 0 Å². The molecule has 5 saturated heterocycles. The number of anilines is 1. The SMILES string of the molecule is CN1CCC(CN2CCN(C(=O)CCc3oc(NC4CCCCC4)nc3-c3ccc(Cl)cc3)CC2)CC1.O=C(O)C(F)(F)F.O=C1C=C(N2CC2)C(=O)C(N2CC2)=C1N1CC1. The van der Waals surface area contributed by atoms with Crippen molar-refractivity contribution >= 4 is 41.1 Å². The third kappa shape index (κ3) is 12.3. The Labute approximate surface area is 359 Å². The van der Waals surface area contributed by atoms with Crippen LogP contribution < -0.4 is 5.32 Å². The zero-order valence-electron chi connectivity index (χ0n) is 34.7. The summed E-state index contributed by atoms with van der Waals surface area (Å²) >= 11 is 6.12. The Balaban J connectivity index is 0.000000190. The molecule has 5 aliphatic heterocycles. The van der Waals surface area contributed by atoms with Gasteiger partial charge in [-0.25, -0.2) is 4.79 Å². The number of alkyl halides is 3. The van der Waals surface area contributed by atoms with E-state index in [-0.39, 0.29) is 17.5 Å². The van der Waals surface area contributed by atoms with E-state index in [9.17, 15) is 27.6 Å². The van der Waals surface area contributed by atoms with Gasteiger partial charge in [-0.15, -0.1) is 0 Å². The third-order valence-electron chi connectivity index (χ3n) is 12.1. The number of carboxylic acids is 1. The Hall–Kier alpha value is -4.61. The number of rotatable bonds is 11. The van der Waals surface area contributed by atoms with Crippen LogP contribution in [0.15, 0.2) is 51.8 Å². The van der Waals surface area contributed by atoms with Gasteiger partial charge in [-0.2, -0.15) is 18.2 Å². The van der Waals surface area contributed by atoms with Crippen LogP contribution in [0.2, 0.25) is 5.02 Å². The summed E-state index contributed by atoms with van der Waals surface area (Å²) in [5.41, 5.74) is 3.66. The summed E-state index contributed by atoms with van der Waals surface area (Å²) in [6.45, 7) is 12.6. The first-order valence-electron chi connectivity index (χ1n) is 21.5. The smallest absolute Gasteiger partial charge is 0.475 e. The molecule has 6 heterocycles. The number of ketones is 2. The number of allylic oxidation sites excluding steroid dienone is 1. The first-order valence-corrected chi connectivity index (χ1v) is 21.9. The summed E-state index contributed by atoms with van der Waals surface area (Å²) in [4.78, 5) is 64.3. The number of piperazine rings is 1. The maximum Gasteiger partial charge on any atom is 0.490 e. The molecular formula is C43H56ClF3N8O6. The van der Waals surface area contributed by atoms with Gasteiger partial charge in [-0.1, -0.05) is 43.0 Å². The standard InChI is InChI=1S/C29H42ClN5O2.C12H13N3O2.C2HF3O2/c1-33-15-13-22(14-16-33)21-34-17-19-35(20-18-34)27(36)12-11-26-28(23-7-9-24(30)10-8-23)32-29(37-26)31-25-5-3-2-4-6-25;16-9-7-8(13-1-2-13)12(17)11(15-5-6-15)10(9)14-3-4-14;3-2(4,5)1(6)7/h7-10,22,25H,2-6,11-21H2,1H3,(H,31,32);7H,1-6H2;(H,6,7). The minimum absolute atomic E-state index is 0.00546. The number of benzene rings is 1. The molecule has 14 nitrogen and oxygen atoms in total. The van der Waals surface area contributed by atoms with Gasteiger partial charge in [-0.05, 0) is 63.9 Å². The number of hydrogen-bond donors (Lipinski definition) is 2. The second-order valence-electron chi connectivity index (χ2n) is 16.9. The third-order valence-corrected chi connectivity index (χ3v) is 12.4. The van der Waals surface area contributed by atoms with Gasteiger partial charge in [0.2, 0.25) is 17.5 Å². The number of amides is 1. The first kappa shape index (κ1) is 44.4. The highest BCUT2D eigenvalue weighted by molar-refractivity contribution is 6.30. The van der Waals surface area contributed by atoms with Crippen molar-refractivity contribution in [2.24, 2.45) is 5.92 Å². The van der Waals surface area contributed by atoms with Gasteiger partial charge in [0.25, 0.3) is 6.01 Å². The van der Waals surface area contributed by atoms with Crippen molar-refractivity contribution in [3.8, 4) is 11.3 Å². The molecular weight excluding hydrogens is 817 g/mol. The zero-order chi connectivity index (χ0) is 43.3. The predicted octanol–water partition coefficient (Wildman–Crippen LogP) is 4.97. The van der Waals surface area contributed by atoms with Crippen LogP contribution in [-0.4, -0.2) is 167 Å². The number of piperidine rings is 1. The normalized spacial score (nSPS) is 21.4. The fourth-order valence-corrected chi connectivity index (χ4v) is 8.41. The van der Waals surface area contributed by atoms with Crippen LogP contribution in [0, 0.1) is 5.92 Å². The van der Waals surface area contributed by atoms with Crippen molar-refractivity contribution in [2.75, 3.05) is 97.4 Å². The molecule has 0 spiro atoms. The highest BCUT2D eigenvalue weighted by Gasteiger charge is 2.43. The van der Waals surface area contributed by atoms with Gasteiger partial charge < -0.3 is 39.3 Å². The molecule has 2 aliphatic carbocycles. The van der Waals surface area contributed by atoms with E-state index in [1.807, 2.05) is 43.9 Å². The molecule has 0 atom stereocenters. The minimum atomic E-state index is -5.08. The van der Waals surface area contributed by atoms with Gasteiger partial charge in [-0.3, -0.25) is 19.3 Å². The summed E-state index contributed by atoms with van der Waals surface area (Å²) in [5, 5.41) is 11.3. The molecule has 2 N–H and O–H groups in total. The van der Waals surface area contributed by atoms with Crippen molar-refractivity contribution in [1.82, 2.24) is 34.4 Å². The molecule has 9 rings (SSSR count). The molecule has 1 aromatic carbocycles. The Morgan fingerprint density at radius 3 is 2.00 bits per heavy atom. The lowest BCUT2D eigenvalue weighted by molar-refractivity contribution is -0.192. The molecule has 2 aromatic rings. The predicted molar refractivity (Wildman–Crippen MR) is 223 cm³/mol. The number of nitrogens with zero attached hydrogens (tertiary/aromatic N) is 7. The number of likely N-dealkylation sites (tertiary alicyclic amines) is 1. The van der Waals surface area contributed by atoms with Gasteiger partial charge in [0, 0.05) is 108 Å². The molecule has 1 aromatic heterocycles. The van der Waals surface area contributed by atoms with Crippen LogP contribution in [0.3, 0.4) is 0 Å². The molecule has 1 saturated carbocycles. The number of aryl methyl sites for hydroxylation is 1. The number of hydrogen-bond acceptors (Lipinski definition) is 12. The number of carbonyl (C=O) groups excluding carboxylic acids is 3. The molecule has 0 radical (unpaired) electrons. The Kier molecular flexibility index (Phi) is 14.3. The first-order chi connectivity index (χ1) is 29.2. The molecule has 1 amide bonds. The molecule has 332 valence electrons. The van der Waals surface area contributed by atoms with E-state index in [2.05, 4.69) is 22.2 Å². The number of nitrogens with one attached hydrogen (secondary N) is 1. The number of halogens is 4. The second-order valence-corrected chi connectivity index (χ2v) is 17.3. The van der Waals surface area contributed by atoms with E-state index in [1.165, 1.54) is 57.8 Å². The lowest BCUT2D eigenvalue weighted by Gasteiger charge is -2.38. The Morgan fingerprint density at radius 1 is 0.836 bits per heavy atom. The van der Waals surface area contributed by atoms with E-state index in [1.54, 1.807) is 0 Å². The van der Waals surface area contributed by atoms with E-state index < -0.39 is 12.1 Å². The summed E-state index contributed by atoms with van der Waals surface area (Å²) in [7, 11) is 2.21. The summed E-state index contributed by atoms with van der Waals surface area (Å²) in [6.07, 6.45) is 6.10. The van der Waals surface area contributed by atoms with E-state index in [0.29, 0.717) is 47.0 Å². The zero-order valence-corrected chi connectivity index (χ0v) is 35.5. The highest BCUT2D eigenvalue weighted by Crippen LogP contribution is 2.34. The van der Waals surface area contributed by atoms with Gasteiger partial charge >= 0.3 is 12.1 Å². The molecule has 18 heteroatoms. The van der Waals surface area contributed by atoms with E-state index in [0.717, 1.165) is 101 Å². The van der Waals surface area contributed by atoms with Crippen molar-refractivity contribution < 1.29 is 41.9 Å². The maximum atomic E-state index is 13.1. The fourth-order valence-electron chi connectivity index (χ4n) is 8.28. The van der Waals surface area contributed by atoms with Gasteiger partial charge in [0.1, 0.15) is 22.8 Å². The number of carboxylic acid groups (broad SMARTS) is 1. The van der Waals surface area contributed by atoms with Crippen LogP contribution in [0.1, 0.15) is 57.1 Å². The maximum absolute atomic E-state index is 13.1. The average molecular weight is 873 g/mol. The Bertz CT molecular complexity index is 1960.